The Morgan fingerprint density at radius 3 is 2.86 bits per heavy atom. The Labute approximate surface area is 123 Å². The zero-order valence-electron chi connectivity index (χ0n) is 12.0. The van der Waals surface area contributed by atoms with Crippen molar-refractivity contribution in [2.75, 3.05) is 19.0 Å². The van der Waals surface area contributed by atoms with Gasteiger partial charge >= 0.3 is 0 Å². The minimum atomic E-state index is -0.0832. The Balaban J connectivity index is 1.79. The van der Waals surface area contributed by atoms with Crippen LogP contribution in [0.3, 0.4) is 0 Å². The first-order valence-corrected chi connectivity index (χ1v) is 7.13. The van der Waals surface area contributed by atoms with Gasteiger partial charge in [0.05, 0.1) is 18.8 Å². The van der Waals surface area contributed by atoms with E-state index < -0.39 is 0 Å². The van der Waals surface area contributed by atoms with Crippen molar-refractivity contribution >= 4 is 11.6 Å². The third-order valence-corrected chi connectivity index (χ3v) is 3.71. The Bertz CT molecular complexity index is 616. The molecule has 2 aromatic rings. The zero-order valence-corrected chi connectivity index (χ0v) is 12.0. The fourth-order valence-electron chi connectivity index (χ4n) is 2.60. The third-order valence-electron chi connectivity index (χ3n) is 3.71. The van der Waals surface area contributed by atoms with Crippen LogP contribution in [0.15, 0.2) is 42.7 Å². The highest BCUT2D eigenvalue weighted by atomic mass is 16.5. The predicted octanol–water partition coefficient (Wildman–Crippen LogP) is 2.18. The maximum absolute atomic E-state index is 12.1. The number of hydrogen-bond acceptors (Lipinski definition) is 3. The second-order valence-corrected chi connectivity index (χ2v) is 5.12. The van der Waals surface area contributed by atoms with E-state index in [0.717, 1.165) is 36.5 Å². The van der Waals surface area contributed by atoms with Crippen LogP contribution in [0.25, 0.3) is 5.69 Å². The molecule has 0 radical (unpaired) electrons. The number of amides is 1. The van der Waals surface area contributed by atoms with Crippen molar-refractivity contribution in [3.63, 3.8) is 0 Å². The van der Waals surface area contributed by atoms with Crippen LogP contribution in [0.4, 0.5) is 5.69 Å². The number of carbonyl (C=O) groups is 1. The van der Waals surface area contributed by atoms with Crippen LogP contribution in [0.1, 0.15) is 12.8 Å². The van der Waals surface area contributed by atoms with Gasteiger partial charge in [-0.2, -0.15) is 0 Å². The van der Waals surface area contributed by atoms with E-state index in [1.165, 1.54) is 0 Å². The number of nitrogens with zero attached hydrogens (tertiary/aromatic N) is 1. The molecule has 1 amide bonds. The van der Waals surface area contributed by atoms with E-state index in [1.807, 2.05) is 47.3 Å². The second kappa shape index (κ2) is 6.01. The van der Waals surface area contributed by atoms with Crippen LogP contribution in [0.5, 0.6) is 5.75 Å². The molecule has 1 aromatic carbocycles. The fourth-order valence-corrected chi connectivity index (χ4v) is 2.60. The number of rotatable bonds is 4. The summed E-state index contributed by atoms with van der Waals surface area (Å²) in [6.07, 6.45) is 5.86. The summed E-state index contributed by atoms with van der Waals surface area (Å²) >= 11 is 0. The molecule has 0 unspecified atom stereocenters. The van der Waals surface area contributed by atoms with Crippen molar-refractivity contribution in [2.45, 2.75) is 18.9 Å². The minimum Gasteiger partial charge on any atom is -0.494 e. The Morgan fingerprint density at radius 1 is 1.38 bits per heavy atom. The molecule has 3 rings (SSSR count). The molecule has 110 valence electrons. The first-order chi connectivity index (χ1) is 10.3. The number of nitrogens with one attached hydrogen (secondary N) is 2. The summed E-state index contributed by atoms with van der Waals surface area (Å²) in [5.74, 6) is 0.742. The first-order valence-electron chi connectivity index (χ1n) is 7.13. The zero-order chi connectivity index (χ0) is 14.7. The standard InChI is InChI=1S/C16H19N3O2/c1-21-15-11-12(18-16(20)13-5-4-8-17-13)6-7-14(15)19-9-2-3-10-19/h2-3,6-7,9-11,13,17H,4-5,8H2,1H3,(H,18,20)/t13-/m0/s1. The minimum absolute atomic E-state index is 0.0169. The van der Waals surface area contributed by atoms with Crippen molar-refractivity contribution in [3.8, 4) is 11.4 Å². The summed E-state index contributed by atoms with van der Waals surface area (Å²) in [6, 6.07) is 9.52. The fraction of sp³-hybridized carbons (Fsp3) is 0.312. The number of carbonyl (C=O) groups excluding carboxylic acids is 1. The van der Waals surface area contributed by atoms with E-state index in [9.17, 15) is 4.79 Å². The molecule has 1 fully saturated rings. The summed E-state index contributed by atoms with van der Waals surface area (Å²) < 4.78 is 7.40. The lowest BCUT2D eigenvalue weighted by atomic mass is 10.2. The van der Waals surface area contributed by atoms with Gasteiger partial charge in [0.25, 0.3) is 0 Å². The van der Waals surface area contributed by atoms with Crippen molar-refractivity contribution in [1.82, 2.24) is 9.88 Å². The smallest absolute Gasteiger partial charge is 0.241 e. The van der Waals surface area contributed by atoms with Gasteiger partial charge in [-0.1, -0.05) is 0 Å². The third kappa shape index (κ3) is 2.92. The van der Waals surface area contributed by atoms with Crippen LogP contribution in [0.2, 0.25) is 0 Å². The maximum Gasteiger partial charge on any atom is 0.241 e. The van der Waals surface area contributed by atoms with Gasteiger partial charge in [-0.15, -0.1) is 0 Å². The molecule has 0 aliphatic carbocycles. The molecule has 5 nitrogen and oxygen atoms in total. The molecule has 5 heteroatoms. The highest BCUT2D eigenvalue weighted by Gasteiger charge is 2.22. The number of anilines is 1. The summed E-state index contributed by atoms with van der Waals surface area (Å²) in [7, 11) is 1.63. The van der Waals surface area contributed by atoms with Gasteiger partial charge < -0.3 is 19.9 Å². The molecule has 2 N–H and O–H groups in total. The van der Waals surface area contributed by atoms with Crippen molar-refractivity contribution in [1.29, 1.82) is 0 Å². The molecular weight excluding hydrogens is 266 g/mol. The highest BCUT2D eigenvalue weighted by Crippen LogP contribution is 2.27. The largest absolute Gasteiger partial charge is 0.494 e. The summed E-state index contributed by atoms with van der Waals surface area (Å²) in [4.78, 5) is 12.1. The average Bonchev–Trinajstić information content (AvgIpc) is 3.20. The summed E-state index contributed by atoms with van der Waals surface area (Å²) in [5.41, 5.74) is 1.70. The van der Waals surface area contributed by atoms with Gasteiger partial charge in [0, 0.05) is 24.1 Å². The van der Waals surface area contributed by atoms with E-state index in [4.69, 9.17) is 4.74 Å². The maximum atomic E-state index is 12.1. The predicted molar refractivity (Wildman–Crippen MR) is 82.0 cm³/mol. The molecule has 2 heterocycles. The molecule has 0 bridgehead atoms. The Hall–Kier alpha value is -2.27. The quantitative estimate of drug-likeness (QED) is 0.905. The molecule has 1 atom stereocenters. The second-order valence-electron chi connectivity index (χ2n) is 5.12. The number of aromatic nitrogens is 1. The number of ether oxygens (including phenoxy) is 1. The van der Waals surface area contributed by atoms with Gasteiger partial charge in [0.15, 0.2) is 0 Å². The number of hydrogen-bond donors (Lipinski definition) is 2. The molecule has 21 heavy (non-hydrogen) atoms. The Kier molecular flexibility index (Phi) is 3.92. The summed E-state index contributed by atoms with van der Waals surface area (Å²) in [6.45, 7) is 0.911. The lowest BCUT2D eigenvalue weighted by Gasteiger charge is -2.14. The van der Waals surface area contributed by atoms with Crippen LogP contribution in [0, 0.1) is 0 Å². The van der Waals surface area contributed by atoms with Gasteiger partial charge in [0.2, 0.25) is 5.91 Å². The van der Waals surface area contributed by atoms with E-state index in [-0.39, 0.29) is 11.9 Å². The number of benzene rings is 1. The Morgan fingerprint density at radius 2 is 2.19 bits per heavy atom. The van der Waals surface area contributed by atoms with Crippen LogP contribution < -0.4 is 15.4 Å². The van der Waals surface area contributed by atoms with Gasteiger partial charge in [0.1, 0.15) is 5.75 Å². The SMILES string of the molecule is COc1cc(NC(=O)[C@@H]2CCCN2)ccc1-n1cccc1. The van der Waals surface area contributed by atoms with E-state index in [1.54, 1.807) is 7.11 Å². The number of methoxy groups -OCH3 is 1. The topological polar surface area (TPSA) is 55.3 Å². The lowest BCUT2D eigenvalue weighted by molar-refractivity contribution is -0.117. The van der Waals surface area contributed by atoms with Gasteiger partial charge in [-0.05, 0) is 43.7 Å². The van der Waals surface area contributed by atoms with Crippen molar-refractivity contribution < 1.29 is 9.53 Å². The van der Waals surface area contributed by atoms with Gasteiger partial charge in [-0.25, -0.2) is 0 Å². The van der Waals surface area contributed by atoms with Gasteiger partial charge in [-0.3, -0.25) is 4.79 Å². The first kappa shape index (κ1) is 13.7. The van der Waals surface area contributed by atoms with E-state index in [2.05, 4.69) is 10.6 Å². The van der Waals surface area contributed by atoms with Crippen LogP contribution in [-0.4, -0.2) is 30.2 Å². The molecule has 1 aliphatic heterocycles. The van der Waals surface area contributed by atoms with E-state index in [0.29, 0.717) is 0 Å². The normalized spacial score (nSPS) is 17.7. The molecule has 1 saturated heterocycles. The molecular formula is C16H19N3O2. The highest BCUT2D eigenvalue weighted by molar-refractivity contribution is 5.95. The molecule has 0 saturated carbocycles. The van der Waals surface area contributed by atoms with Crippen molar-refractivity contribution in [3.05, 3.63) is 42.7 Å². The average molecular weight is 285 g/mol. The van der Waals surface area contributed by atoms with E-state index >= 15 is 0 Å². The molecule has 1 aromatic heterocycles. The van der Waals surface area contributed by atoms with Crippen LogP contribution >= 0.6 is 0 Å². The summed E-state index contributed by atoms with van der Waals surface area (Å²) in [5, 5.41) is 6.13. The lowest BCUT2D eigenvalue weighted by Crippen LogP contribution is -2.35. The van der Waals surface area contributed by atoms with Crippen LogP contribution in [-0.2, 0) is 4.79 Å². The monoisotopic (exact) mass is 285 g/mol. The molecule has 1 aliphatic rings. The van der Waals surface area contributed by atoms with Crippen molar-refractivity contribution in [2.24, 2.45) is 0 Å². The molecule has 0 spiro atoms.